The molecule has 8 aliphatic rings. The van der Waals surface area contributed by atoms with Crippen LogP contribution in [0, 0.1) is 0 Å². The summed E-state index contributed by atoms with van der Waals surface area (Å²) in [6.45, 7) is 14.7. The van der Waals surface area contributed by atoms with Gasteiger partial charge in [-0.05, 0) is 195 Å². The molecule has 740 valence electrons. The molecule has 12 atom stereocenters. The van der Waals surface area contributed by atoms with E-state index < -0.39 is 47.1 Å². The summed E-state index contributed by atoms with van der Waals surface area (Å²) in [6.07, 6.45) is 25.1. The van der Waals surface area contributed by atoms with Crippen LogP contribution < -0.4 is 76.4 Å². The van der Waals surface area contributed by atoms with Gasteiger partial charge in [-0.15, -0.1) is 47.2 Å². The molecule has 15 rings (SSSR count). The summed E-state index contributed by atoms with van der Waals surface area (Å²) >= 11 is 19.3. The predicted octanol–water partition coefficient (Wildman–Crippen LogP) is 14.4. The number of hydrogen-bond acceptors (Lipinski definition) is 21. The van der Waals surface area contributed by atoms with E-state index in [0.29, 0.717) is 106 Å². The summed E-state index contributed by atoms with van der Waals surface area (Å²) in [5.41, 5.74) is 6.66. The largest absolute Gasteiger partial charge is 1.00 e. The second-order valence-corrected chi connectivity index (χ2v) is 34.0. The normalized spacial score (nSPS) is 25.8. The molecule has 0 radical (unpaired) electrons. The van der Waals surface area contributed by atoms with E-state index >= 15 is 0 Å². The van der Waals surface area contributed by atoms with Gasteiger partial charge >= 0.3 is 67.2 Å². The Morgan fingerprint density at radius 2 is 0.720 bits per heavy atom. The first-order valence-corrected chi connectivity index (χ1v) is 54.2. The minimum absolute atomic E-state index is 0. The van der Waals surface area contributed by atoms with Crippen molar-refractivity contribution in [1.82, 2.24) is 19.6 Å². The number of aliphatic hydroxyl groups excluding tert-OH is 4. The van der Waals surface area contributed by atoms with Crippen LogP contribution in [0.2, 0.25) is 0 Å². The van der Waals surface area contributed by atoms with Crippen LogP contribution in [-0.4, -0.2) is 254 Å². The Morgan fingerprint density at radius 1 is 0.402 bits per heavy atom. The maximum atomic E-state index is 10.1. The zero-order chi connectivity index (χ0) is 112. The number of ether oxygens (including phenoxy) is 11. The summed E-state index contributed by atoms with van der Waals surface area (Å²) in [5, 5.41) is 55.8. The number of aromatic hydroxyl groups is 2. The summed E-state index contributed by atoms with van der Waals surface area (Å²) < 4.78 is 215. The summed E-state index contributed by atoms with van der Waals surface area (Å²) in [5.74, 6) is -1.16. The van der Waals surface area contributed by atoms with Crippen LogP contribution in [-0.2, 0) is 69.2 Å². The third-order valence-electron chi connectivity index (χ3n) is 24.2. The minimum atomic E-state index is -2.73. The van der Waals surface area contributed by atoms with Gasteiger partial charge in [-0.2, -0.15) is 0 Å². The Morgan fingerprint density at radius 3 is 1.08 bits per heavy atom. The molecular formula is C103H155Cl4I3N4NaO17-. The topological polar surface area (TPSA) is 236 Å². The van der Waals surface area contributed by atoms with Gasteiger partial charge in [0.25, 0.3) is 0 Å². The van der Waals surface area contributed by atoms with Gasteiger partial charge in [-0.1, -0.05) is 203 Å². The quantitative estimate of drug-likeness (QED) is 0.0103. The minimum Gasteiger partial charge on any atom is -1.00 e. The van der Waals surface area contributed by atoms with Gasteiger partial charge < -0.3 is 84.2 Å². The molecule has 8 fully saturated rings. The fraction of sp³-hybridized carbons (Fsp3) is 0.592. The van der Waals surface area contributed by atoms with E-state index in [2.05, 4.69) is 104 Å². The summed E-state index contributed by atoms with van der Waals surface area (Å²) in [6, 6.07) is 50.6. The monoisotopic (exact) mass is 2290 g/mol. The molecule has 29 heteroatoms. The molecule has 132 heavy (non-hydrogen) atoms. The molecule has 7 aromatic rings. The van der Waals surface area contributed by atoms with Crippen molar-refractivity contribution < 1.29 is 161 Å². The molecule has 4 heterocycles. The molecule has 4 aliphatic carbocycles. The Labute approximate surface area is 902 Å². The second kappa shape index (κ2) is 73.0. The average Bonchev–Trinajstić information content (AvgIpc) is 1.59. The molecule has 0 amide bonds. The Hall–Kier alpha value is -3.23. The third-order valence-corrected chi connectivity index (χ3v) is 24.7. The Balaban J connectivity index is 0.000000478. The average molecular weight is 2290 g/mol. The number of likely N-dealkylation sites (tertiary alicyclic amines) is 4. The van der Waals surface area contributed by atoms with E-state index in [0.717, 1.165) is 153 Å². The first-order chi connectivity index (χ1) is 71.9. The van der Waals surface area contributed by atoms with Gasteiger partial charge in [-0.25, -0.2) is 0 Å². The molecule has 4 unspecified atom stereocenters. The van der Waals surface area contributed by atoms with Crippen LogP contribution in [0.15, 0.2) is 164 Å². The van der Waals surface area contributed by atoms with E-state index in [-0.39, 0.29) is 157 Å². The van der Waals surface area contributed by atoms with Crippen LogP contribution in [0.4, 0.5) is 0 Å². The molecule has 0 spiro atoms. The first kappa shape index (κ1) is 88.9. The number of β-amino-alcohol motifs (C(OH)–C–C–N with tert-alkyl or cyclic N) is 1. The maximum absolute atomic E-state index is 10.1. The van der Waals surface area contributed by atoms with Crippen LogP contribution in [0.1, 0.15) is 211 Å². The van der Waals surface area contributed by atoms with Crippen LogP contribution >= 0.6 is 88.4 Å². The van der Waals surface area contributed by atoms with E-state index in [4.69, 9.17) is 132 Å². The predicted molar refractivity (Wildman–Crippen MR) is 549 cm³/mol. The van der Waals surface area contributed by atoms with Crippen molar-refractivity contribution in [2.45, 2.75) is 260 Å². The number of phenols is 2. The number of nitrogens with zero attached hydrogens (tertiary/aromatic N) is 4. The molecule has 0 aromatic heterocycles. The summed E-state index contributed by atoms with van der Waals surface area (Å²) in [7, 11) is -16.3. The van der Waals surface area contributed by atoms with Crippen molar-refractivity contribution in [2.24, 2.45) is 0 Å². The van der Waals surface area contributed by atoms with Gasteiger partial charge in [0.1, 0.15) is 0 Å². The van der Waals surface area contributed by atoms with Crippen LogP contribution in [0.3, 0.4) is 0 Å². The van der Waals surface area contributed by atoms with E-state index in [1.165, 1.54) is 139 Å². The Kier molecular flexibility index (Phi) is 49.1. The maximum Gasteiger partial charge on any atom is 1.00 e. The number of halogens is 7. The van der Waals surface area contributed by atoms with Crippen molar-refractivity contribution in [3.63, 3.8) is 0 Å². The molecule has 21 nitrogen and oxygen atoms in total. The number of alkyl halides is 4. The molecule has 4 saturated heterocycles. The van der Waals surface area contributed by atoms with Gasteiger partial charge in [0.2, 0.25) is 0 Å². The smallest absolute Gasteiger partial charge is 1.00 e. The molecular weight excluding hydrogens is 2110 g/mol. The molecule has 7 aromatic carbocycles. The van der Waals surface area contributed by atoms with E-state index in [9.17, 15) is 10.2 Å². The van der Waals surface area contributed by atoms with Crippen LogP contribution in [0.25, 0.3) is 0 Å². The molecule has 6 N–H and O–H groups in total. The Bertz CT molecular complexity index is 4820. The molecule has 4 aliphatic heterocycles. The standard InChI is InChI=1S/C27H37NO4.C20H31NO4.C17H24ClNO.C17H25NO2.C10H14O3.C8H10O3.C2H6.CH2Cl2.CH3I.ClH.HI2.Na.H/c1-29-26-13-12-21(18-27(26)30-2)15-17-31-25-11-7-6-10-24(25)28-16-14-23(19-28)32-20-22-8-4-3-5-9-22;1-23-19-8-7-15(13-20(19)24-2)10-12-25-18-6-4-3-5-17(18)21-11-9-16(22)14-21;18-16-8-4-5-9-17(16)19-11-10-15(12-19)20-13-14-6-2-1-3-7-14;19-17-9-5-4-8-16(17)18-11-10-15(12-18)20-13-14-6-2-1-3-7-14;1-12-9-4-3-8(5-6-11)7-10(9)13-2;9-4-3-6-1-2-7(10)8(11)5-6;1-2;2-1-3;1-2;;1-2;;/h3-5,8-9,12-13,18,23-25H,6-7,10-11,14-17,19-20H2,1-2H3;7-8,13,16-18,22H,3-6,9-12,14H2,1-2H3;1-3,6-7,15-17H,4-5,8-13H2;1-3,6-7,15-17,19H,4-5,8-13H2;3-4,7,11H,5-6H2,1-2H3;1-2,5,9-11H,3-4H2;1-2H3;1H2;1H3;1H;1H;;/q;;;;;;;;;;-1;+1;-1/t23-,24?,25+;16-,17?,18+;15-,16+,17?;15-,16?,17+;;;;;;;;;/m1111........./s1/i2*1D3,2D3;;;1D3,2D3;;;;1D3;;1D;;. The fourth-order valence-electron chi connectivity index (χ4n) is 17.6. The number of hydrogen-bond donors (Lipinski definition) is 6. The molecule has 4 saturated carbocycles. The van der Waals surface area contributed by atoms with Crippen molar-refractivity contribution in [3.8, 4) is 46.0 Å². The summed E-state index contributed by atoms with van der Waals surface area (Å²) in [4.78, 5) is 8.07. The van der Waals surface area contributed by atoms with Gasteiger partial charge in [0.15, 0.2) is 46.0 Å². The zero-order valence-electron chi connectivity index (χ0n) is 99.4. The first-order valence-electron chi connectivity index (χ1n) is 56.2. The fourth-order valence-corrected chi connectivity index (χ4v) is 18.1. The number of benzene rings is 7. The van der Waals surface area contributed by atoms with Crippen molar-refractivity contribution in [3.05, 3.63) is 203 Å². The molecule has 0 bridgehead atoms. The van der Waals surface area contributed by atoms with Gasteiger partial charge in [0.05, 0.1) is 148 Å². The van der Waals surface area contributed by atoms with E-state index in [1.807, 2.05) is 44.2 Å². The van der Waals surface area contributed by atoms with Crippen molar-refractivity contribution in [2.75, 3.05) is 131 Å². The number of phenolic OH excluding ortho intramolecular Hbond substituents is 2. The van der Waals surface area contributed by atoms with Gasteiger partial charge in [0, 0.05) is 99.2 Å². The van der Waals surface area contributed by atoms with Crippen LogP contribution in [0.5, 0.6) is 46.0 Å². The SMILES string of the molecule is CC.Cl.ClCCl.Cl[C@H]1CCCCC1N1CC[C@@H](OCc2ccccc2)C1.OCCc1ccc(O)c(O)c1.O[C@H]1CCCCC1N1CC[C@@H](OCc2ccccc2)C1.[2H]C([2H])([2H])I.[2H]C([2H])([2H])Oc1ccc(CCO)cc1OC([2H])([2H])[2H].[2H]C([2H])([2H])Oc1ccc(CCO[C@H]2CCCCC2N2CC[C@@H](O)C2)cc1OC([2H])([2H])[2H].[2H]C([2H])([2H])Oc1ccc(CCO[C@H]2CCCCC2N2CC[C@@H](OCc3ccccc3)C2)cc1OC([2H])([2H])[2H].[2H][I-]I.[H-].[Na+]. The second-order valence-electron chi connectivity index (χ2n) is 32.7. The number of methoxy groups -OCH3 is 6. The third kappa shape index (κ3) is 43.9. The van der Waals surface area contributed by atoms with E-state index in [1.54, 1.807) is 18.2 Å². The zero-order valence-corrected chi connectivity index (χ0v) is 88.0. The number of aliphatic hydroxyl groups is 4. The van der Waals surface area contributed by atoms with Gasteiger partial charge in [-0.3, -0.25) is 19.6 Å². The van der Waals surface area contributed by atoms with Crippen molar-refractivity contribution >= 4 is 88.4 Å². The van der Waals surface area contributed by atoms with Crippen molar-refractivity contribution in [1.29, 1.82) is 0.594 Å². The number of rotatable bonds is 31.